The molecule has 2 N–H and O–H groups in total. The van der Waals surface area contributed by atoms with Crippen molar-refractivity contribution in [3.8, 4) is 17.2 Å². The van der Waals surface area contributed by atoms with Crippen LogP contribution in [0.15, 0.2) is 16.9 Å². The number of benzene rings is 1. The number of hydrogen-bond donors (Lipinski definition) is 2. The highest BCUT2D eigenvalue weighted by Gasteiger charge is 2.19. The summed E-state index contributed by atoms with van der Waals surface area (Å²) in [6.45, 7) is 0. The number of nitrogens with one attached hydrogen (secondary N) is 1. The van der Waals surface area contributed by atoms with Gasteiger partial charge in [0, 0.05) is 12.1 Å². The molecule has 0 amide bonds. The Balaban J connectivity index is 2.95. The third kappa shape index (κ3) is 2.03. The zero-order chi connectivity index (χ0) is 14.9. The topological polar surface area (TPSA) is 97.9 Å². The van der Waals surface area contributed by atoms with Gasteiger partial charge in [-0.15, -0.1) is 0 Å². The molecule has 0 aliphatic heterocycles. The Morgan fingerprint density at radius 1 is 1.10 bits per heavy atom. The molecule has 20 heavy (non-hydrogen) atoms. The first-order chi connectivity index (χ1) is 9.53. The molecule has 0 radical (unpaired) electrons. The van der Waals surface area contributed by atoms with Crippen molar-refractivity contribution < 1.29 is 24.1 Å². The number of H-pyrrole nitrogens is 1. The molecule has 0 fully saturated rings. The summed E-state index contributed by atoms with van der Waals surface area (Å²) in [6.07, 6.45) is 0. The highest BCUT2D eigenvalue weighted by Crippen LogP contribution is 2.41. The van der Waals surface area contributed by atoms with Gasteiger partial charge in [-0.05, 0) is 0 Å². The molecule has 2 aromatic rings. The molecule has 7 heteroatoms. The Kier molecular flexibility index (Phi) is 3.51. The van der Waals surface area contributed by atoms with Crippen LogP contribution in [0.1, 0.15) is 10.5 Å². The van der Waals surface area contributed by atoms with Crippen LogP contribution < -0.4 is 19.6 Å². The number of pyridine rings is 1. The number of rotatable bonds is 4. The summed E-state index contributed by atoms with van der Waals surface area (Å²) in [4.78, 5) is 25.7. The van der Waals surface area contributed by atoms with Crippen molar-refractivity contribution in [1.29, 1.82) is 0 Å². The first kappa shape index (κ1) is 13.7. The molecule has 1 aromatic carbocycles. The first-order valence-electron chi connectivity index (χ1n) is 5.62. The second-order valence-electron chi connectivity index (χ2n) is 3.92. The van der Waals surface area contributed by atoms with Crippen LogP contribution in [0.3, 0.4) is 0 Å². The van der Waals surface area contributed by atoms with E-state index in [0.717, 1.165) is 6.07 Å². The molecule has 0 saturated heterocycles. The fourth-order valence-corrected chi connectivity index (χ4v) is 2.00. The lowest BCUT2D eigenvalue weighted by atomic mass is 10.1. The number of hydrogen-bond acceptors (Lipinski definition) is 5. The van der Waals surface area contributed by atoms with Gasteiger partial charge in [-0.3, -0.25) is 4.79 Å². The number of methoxy groups -OCH3 is 3. The van der Waals surface area contributed by atoms with Crippen LogP contribution in [-0.4, -0.2) is 37.4 Å². The van der Waals surface area contributed by atoms with Gasteiger partial charge in [-0.2, -0.15) is 0 Å². The number of carboxylic acids is 1. The predicted molar refractivity (Wildman–Crippen MR) is 71.2 cm³/mol. The van der Waals surface area contributed by atoms with Gasteiger partial charge < -0.3 is 24.3 Å². The summed E-state index contributed by atoms with van der Waals surface area (Å²) in [5, 5.41) is 9.17. The Labute approximate surface area is 113 Å². The third-order valence-electron chi connectivity index (χ3n) is 2.85. The van der Waals surface area contributed by atoms with E-state index in [1.807, 2.05) is 0 Å². The lowest BCUT2D eigenvalue weighted by molar-refractivity contribution is 0.0691. The van der Waals surface area contributed by atoms with Crippen molar-refractivity contribution in [2.45, 2.75) is 0 Å². The molecule has 0 saturated carbocycles. The number of carbonyl (C=O) groups is 1. The van der Waals surface area contributed by atoms with E-state index in [9.17, 15) is 9.59 Å². The van der Waals surface area contributed by atoms with E-state index in [4.69, 9.17) is 19.3 Å². The normalized spacial score (nSPS) is 10.3. The monoisotopic (exact) mass is 279 g/mol. The van der Waals surface area contributed by atoms with Gasteiger partial charge in [0.2, 0.25) is 5.75 Å². The van der Waals surface area contributed by atoms with E-state index in [1.54, 1.807) is 0 Å². The molecule has 1 heterocycles. The minimum absolute atomic E-state index is 0.194. The van der Waals surface area contributed by atoms with Crippen molar-refractivity contribution in [1.82, 2.24) is 4.98 Å². The van der Waals surface area contributed by atoms with Crippen molar-refractivity contribution in [3.63, 3.8) is 0 Å². The standard InChI is InChI=1S/C13H13NO6/c1-18-9-5-6-10(12(20-3)11(9)19-2)8(15)4-7(14-6)13(16)17/h4-5H,1-3H3,(H,14,15)(H,16,17). The summed E-state index contributed by atoms with van der Waals surface area (Å²) >= 11 is 0. The maximum absolute atomic E-state index is 12.1. The molecule has 0 aliphatic carbocycles. The molecule has 0 atom stereocenters. The lowest BCUT2D eigenvalue weighted by Gasteiger charge is -2.14. The van der Waals surface area contributed by atoms with Crippen LogP contribution in [0.5, 0.6) is 17.2 Å². The Morgan fingerprint density at radius 3 is 2.25 bits per heavy atom. The Bertz CT molecular complexity index is 734. The average molecular weight is 279 g/mol. The molecule has 106 valence electrons. The summed E-state index contributed by atoms with van der Waals surface area (Å²) in [6, 6.07) is 2.49. The molecule has 0 bridgehead atoms. The largest absolute Gasteiger partial charge is 0.493 e. The smallest absolute Gasteiger partial charge is 0.352 e. The van der Waals surface area contributed by atoms with Crippen molar-refractivity contribution >= 4 is 16.9 Å². The number of aromatic nitrogens is 1. The maximum atomic E-state index is 12.1. The van der Waals surface area contributed by atoms with Gasteiger partial charge in [0.1, 0.15) is 5.69 Å². The van der Waals surface area contributed by atoms with Gasteiger partial charge in [0.15, 0.2) is 16.9 Å². The van der Waals surface area contributed by atoms with Crippen LogP contribution in [0, 0.1) is 0 Å². The minimum atomic E-state index is -1.22. The van der Waals surface area contributed by atoms with E-state index >= 15 is 0 Å². The lowest BCUT2D eigenvalue weighted by Crippen LogP contribution is -2.11. The molecular weight excluding hydrogens is 266 g/mol. The predicted octanol–water partition coefficient (Wildman–Crippen LogP) is 1.25. The van der Waals surface area contributed by atoms with E-state index in [2.05, 4.69) is 4.98 Å². The first-order valence-corrected chi connectivity index (χ1v) is 5.62. The van der Waals surface area contributed by atoms with Crippen LogP contribution in [0.2, 0.25) is 0 Å². The fraction of sp³-hybridized carbons (Fsp3) is 0.231. The quantitative estimate of drug-likeness (QED) is 0.874. The summed E-state index contributed by atoms with van der Waals surface area (Å²) in [7, 11) is 4.25. The summed E-state index contributed by atoms with van der Waals surface area (Å²) in [5.41, 5.74) is -0.393. The fourth-order valence-electron chi connectivity index (χ4n) is 2.00. The van der Waals surface area contributed by atoms with Gasteiger partial charge in [-0.25, -0.2) is 4.79 Å². The van der Waals surface area contributed by atoms with Crippen LogP contribution >= 0.6 is 0 Å². The molecule has 2 rings (SSSR count). The number of carboxylic acid groups (broad SMARTS) is 1. The summed E-state index contributed by atoms with van der Waals surface area (Å²) in [5.74, 6) is -0.427. The van der Waals surface area contributed by atoms with E-state index < -0.39 is 11.4 Å². The van der Waals surface area contributed by atoms with Crippen molar-refractivity contribution in [2.75, 3.05) is 21.3 Å². The van der Waals surface area contributed by atoms with Crippen molar-refractivity contribution in [3.05, 3.63) is 28.0 Å². The molecule has 7 nitrogen and oxygen atoms in total. The Morgan fingerprint density at radius 2 is 1.75 bits per heavy atom. The molecular formula is C13H13NO6. The van der Waals surface area contributed by atoms with Gasteiger partial charge in [-0.1, -0.05) is 0 Å². The number of aromatic amines is 1. The van der Waals surface area contributed by atoms with E-state index in [-0.39, 0.29) is 22.6 Å². The van der Waals surface area contributed by atoms with E-state index in [0.29, 0.717) is 11.3 Å². The molecule has 1 aromatic heterocycles. The Hall–Kier alpha value is -2.70. The highest BCUT2D eigenvalue weighted by molar-refractivity contribution is 5.94. The van der Waals surface area contributed by atoms with Gasteiger partial charge in [0.25, 0.3) is 0 Å². The minimum Gasteiger partial charge on any atom is -0.493 e. The second kappa shape index (κ2) is 5.12. The van der Waals surface area contributed by atoms with Crippen LogP contribution in [-0.2, 0) is 0 Å². The van der Waals surface area contributed by atoms with Crippen LogP contribution in [0.25, 0.3) is 10.9 Å². The molecule has 0 aliphatic rings. The van der Waals surface area contributed by atoms with Crippen LogP contribution in [0.4, 0.5) is 0 Å². The zero-order valence-corrected chi connectivity index (χ0v) is 11.1. The molecule has 0 spiro atoms. The average Bonchev–Trinajstić information content (AvgIpc) is 2.44. The van der Waals surface area contributed by atoms with E-state index in [1.165, 1.54) is 27.4 Å². The van der Waals surface area contributed by atoms with Gasteiger partial charge in [0.05, 0.1) is 32.2 Å². The maximum Gasteiger partial charge on any atom is 0.352 e. The number of aromatic carboxylic acids is 1. The number of fused-ring (bicyclic) bond motifs is 1. The third-order valence-corrected chi connectivity index (χ3v) is 2.85. The number of ether oxygens (including phenoxy) is 3. The SMILES string of the molecule is COc1cc2[nH]c(C(=O)O)cc(=O)c2c(OC)c1OC. The molecule has 0 unspecified atom stereocenters. The highest BCUT2D eigenvalue weighted by atomic mass is 16.5. The zero-order valence-electron chi connectivity index (χ0n) is 11.1. The second-order valence-corrected chi connectivity index (χ2v) is 3.92. The van der Waals surface area contributed by atoms with Gasteiger partial charge >= 0.3 is 5.97 Å². The summed E-state index contributed by atoms with van der Waals surface area (Å²) < 4.78 is 15.5. The van der Waals surface area contributed by atoms with Crippen molar-refractivity contribution in [2.24, 2.45) is 0 Å².